The van der Waals surface area contributed by atoms with E-state index in [1.807, 2.05) is 84.9 Å². The molecule has 0 bridgehead atoms. The molecule has 166 valence electrons. The SMILES string of the molecule is O=C(C1=C(c2ccccc2)NC(=S)N[C@H]1c1ccccc1OC1CCCC1)c1ccccc1. The van der Waals surface area contributed by atoms with Crippen LogP contribution in [0.2, 0.25) is 0 Å². The van der Waals surface area contributed by atoms with E-state index in [0.29, 0.717) is 16.2 Å². The fourth-order valence-corrected chi connectivity index (χ4v) is 4.85. The summed E-state index contributed by atoms with van der Waals surface area (Å²) in [4.78, 5) is 13.9. The van der Waals surface area contributed by atoms with E-state index >= 15 is 0 Å². The Balaban J connectivity index is 1.66. The van der Waals surface area contributed by atoms with Crippen molar-refractivity contribution < 1.29 is 9.53 Å². The molecule has 33 heavy (non-hydrogen) atoms. The lowest BCUT2D eigenvalue weighted by molar-refractivity contribution is 0.102. The number of para-hydroxylation sites is 1. The maximum absolute atomic E-state index is 13.9. The summed E-state index contributed by atoms with van der Waals surface area (Å²) in [7, 11) is 0. The van der Waals surface area contributed by atoms with Crippen LogP contribution in [-0.4, -0.2) is 17.0 Å². The van der Waals surface area contributed by atoms with Crippen molar-refractivity contribution in [3.63, 3.8) is 0 Å². The van der Waals surface area contributed by atoms with E-state index in [4.69, 9.17) is 17.0 Å². The summed E-state index contributed by atoms with van der Waals surface area (Å²) < 4.78 is 6.43. The van der Waals surface area contributed by atoms with Gasteiger partial charge in [-0.3, -0.25) is 4.79 Å². The molecule has 5 rings (SSSR count). The van der Waals surface area contributed by atoms with Gasteiger partial charge in [-0.15, -0.1) is 0 Å². The third kappa shape index (κ3) is 4.55. The van der Waals surface area contributed by atoms with Crippen molar-refractivity contribution >= 4 is 28.8 Å². The monoisotopic (exact) mass is 454 g/mol. The maximum Gasteiger partial charge on any atom is 0.193 e. The van der Waals surface area contributed by atoms with E-state index < -0.39 is 6.04 Å². The van der Waals surface area contributed by atoms with Crippen LogP contribution < -0.4 is 15.4 Å². The number of ketones is 1. The van der Waals surface area contributed by atoms with Crippen molar-refractivity contribution in [3.8, 4) is 5.75 Å². The van der Waals surface area contributed by atoms with E-state index in [1.165, 1.54) is 12.8 Å². The summed E-state index contributed by atoms with van der Waals surface area (Å²) in [6.07, 6.45) is 4.72. The number of rotatable bonds is 6. The average Bonchev–Trinajstić information content (AvgIpc) is 3.38. The fourth-order valence-electron chi connectivity index (χ4n) is 4.63. The molecule has 1 fully saturated rings. The van der Waals surface area contributed by atoms with E-state index in [1.54, 1.807) is 0 Å². The van der Waals surface area contributed by atoms with Crippen LogP contribution in [-0.2, 0) is 0 Å². The number of carbonyl (C=O) groups excluding carboxylic acids is 1. The first-order valence-corrected chi connectivity index (χ1v) is 11.8. The fraction of sp³-hybridized carbons (Fsp3) is 0.214. The predicted octanol–water partition coefficient (Wildman–Crippen LogP) is 5.82. The lowest BCUT2D eigenvalue weighted by Gasteiger charge is -2.33. The number of ether oxygens (including phenoxy) is 1. The van der Waals surface area contributed by atoms with Crippen LogP contribution in [0.25, 0.3) is 5.70 Å². The second-order valence-electron chi connectivity index (χ2n) is 8.44. The van der Waals surface area contributed by atoms with E-state index in [-0.39, 0.29) is 11.9 Å². The van der Waals surface area contributed by atoms with Crippen LogP contribution in [0.1, 0.15) is 53.2 Å². The molecule has 0 radical (unpaired) electrons. The lowest BCUT2D eigenvalue weighted by Crippen LogP contribution is -2.45. The molecule has 2 N–H and O–H groups in total. The van der Waals surface area contributed by atoms with Crippen molar-refractivity contribution in [2.45, 2.75) is 37.8 Å². The Kier molecular flexibility index (Phi) is 6.22. The summed E-state index contributed by atoms with van der Waals surface area (Å²) in [6, 6.07) is 26.8. The minimum atomic E-state index is -0.431. The molecule has 1 atom stereocenters. The van der Waals surface area contributed by atoms with Crippen LogP contribution in [0.4, 0.5) is 0 Å². The maximum atomic E-state index is 13.9. The number of carbonyl (C=O) groups is 1. The predicted molar refractivity (Wildman–Crippen MR) is 135 cm³/mol. The van der Waals surface area contributed by atoms with Gasteiger partial charge in [-0.2, -0.15) is 0 Å². The van der Waals surface area contributed by atoms with Gasteiger partial charge in [0.1, 0.15) is 5.75 Å². The highest BCUT2D eigenvalue weighted by Gasteiger charge is 2.34. The van der Waals surface area contributed by atoms with Crippen LogP contribution in [0.5, 0.6) is 5.75 Å². The molecule has 0 unspecified atom stereocenters. The van der Waals surface area contributed by atoms with E-state index in [9.17, 15) is 4.79 Å². The second kappa shape index (κ2) is 9.59. The molecule has 3 aromatic carbocycles. The summed E-state index contributed by atoms with van der Waals surface area (Å²) in [5, 5.41) is 7.11. The second-order valence-corrected chi connectivity index (χ2v) is 8.85. The summed E-state index contributed by atoms with van der Waals surface area (Å²) in [5.74, 6) is 0.759. The molecule has 1 heterocycles. The first kappa shape index (κ1) is 21.4. The number of hydrogen-bond donors (Lipinski definition) is 2. The van der Waals surface area contributed by atoms with E-state index in [0.717, 1.165) is 35.4 Å². The molecular formula is C28H26N2O2S. The third-order valence-electron chi connectivity index (χ3n) is 6.24. The largest absolute Gasteiger partial charge is 0.490 e. The van der Waals surface area contributed by atoms with Crippen LogP contribution >= 0.6 is 12.2 Å². The summed E-state index contributed by atoms with van der Waals surface area (Å²) >= 11 is 5.59. The minimum Gasteiger partial charge on any atom is -0.490 e. The van der Waals surface area contributed by atoms with Gasteiger partial charge in [0.15, 0.2) is 10.9 Å². The summed E-state index contributed by atoms with van der Waals surface area (Å²) in [5.41, 5.74) is 3.83. The van der Waals surface area contributed by atoms with Crippen molar-refractivity contribution in [2.24, 2.45) is 0 Å². The molecule has 0 amide bonds. The molecule has 3 aromatic rings. The van der Waals surface area contributed by atoms with Crippen LogP contribution in [0, 0.1) is 0 Å². The molecule has 1 aliphatic heterocycles. The highest BCUT2D eigenvalue weighted by Crippen LogP contribution is 2.38. The zero-order valence-electron chi connectivity index (χ0n) is 18.3. The van der Waals surface area contributed by atoms with Crippen molar-refractivity contribution in [1.82, 2.24) is 10.6 Å². The first-order valence-electron chi connectivity index (χ1n) is 11.4. The third-order valence-corrected chi connectivity index (χ3v) is 6.46. The Bertz CT molecular complexity index is 1180. The van der Waals surface area contributed by atoms with Crippen molar-refractivity contribution in [1.29, 1.82) is 0 Å². The molecule has 0 saturated heterocycles. The molecule has 1 saturated carbocycles. The van der Waals surface area contributed by atoms with Gasteiger partial charge in [-0.1, -0.05) is 78.9 Å². The number of thiocarbonyl (C=S) groups is 1. The molecule has 1 aliphatic carbocycles. The minimum absolute atomic E-state index is 0.0439. The summed E-state index contributed by atoms with van der Waals surface area (Å²) in [6.45, 7) is 0. The zero-order chi connectivity index (χ0) is 22.6. The van der Waals surface area contributed by atoms with E-state index in [2.05, 4.69) is 10.6 Å². The van der Waals surface area contributed by atoms with Gasteiger partial charge in [-0.05, 0) is 49.5 Å². The average molecular weight is 455 g/mol. The number of Topliss-reactive ketones (excluding diaryl/α,β-unsaturated/α-hetero) is 1. The Morgan fingerprint density at radius 1 is 0.848 bits per heavy atom. The van der Waals surface area contributed by atoms with Gasteiger partial charge in [0.05, 0.1) is 23.4 Å². The van der Waals surface area contributed by atoms with Gasteiger partial charge in [0.25, 0.3) is 0 Å². The normalized spacial score (nSPS) is 18.5. The molecule has 5 heteroatoms. The lowest BCUT2D eigenvalue weighted by atomic mass is 9.87. The Morgan fingerprint density at radius 2 is 1.48 bits per heavy atom. The van der Waals surface area contributed by atoms with Crippen molar-refractivity contribution in [3.05, 3.63) is 107 Å². The molecule has 0 spiro atoms. The molecule has 0 aromatic heterocycles. The Morgan fingerprint density at radius 3 is 2.21 bits per heavy atom. The standard InChI is InChI=1S/C28H26N2O2S/c31-27(20-13-5-2-6-14-20)24-25(19-11-3-1-4-12-19)29-28(33)30-26(24)22-17-9-10-18-23(22)32-21-15-7-8-16-21/h1-6,9-14,17-18,21,26H,7-8,15-16H2,(H2,29,30,33)/t26-/m0/s1. The molecule has 4 nitrogen and oxygen atoms in total. The van der Waals surface area contributed by atoms with Crippen LogP contribution in [0.15, 0.2) is 90.5 Å². The van der Waals surface area contributed by atoms with Crippen LogP contribution in [0.3, 0.4) is 0 Å². The smallest absolute Gasteiger partial charge is 0.193 e. The number of hydrogen-bond acceptors (Lipinski definition) is 3. The van der Waals surface area contributed by atoms with Gasteiger partial charge >= 0.3 is 0 Å². The quantitative estimate of drug-likeness (QED) is 0.363. The molecule has 2 aliphatic rings. The highest BCUT2D eigenvalue weighted by atomic mass is 32.1. The Hall–Kier alpha value is -3.44. The highest BCUT2D eigenvalue weighted by molar-refractivity contribution is 7.80. The van der Waals surface area contributed by atoms with Crippen molar-refractivity contribution in [2.75, 3.05) is 0 Å². The van der Waals surface area contributed by atoms with Gasteiger partial charge < -0.3 is 15.4 Å². The Labute approximate surface area is 199 Å². The first-order chi connectivity index (χ1) is 16.2. The van der Waals surface area contributed by atoms with Gasteiger partial charge in [-0.25, -0.2) is 0 Å². The molecular weight excluding hydrogens is 428 g/mol. The number of benzene rings is 3. The van der Waals surface area contributed by atoms with Gasteiger partial charge in [0.2, 0.25) is 0 Å². The number of nitrogens with one attached hydrogen (secondary N) is 2. The van der Waals surface area contributed by atoms with Gasteiger partial charge in [0, 0.05) is 11.1 Å². The topological polar surface area (TPSA) is 50.4 Å². The zero-order valence-corrected chi connectivity index (χ0v) is 19.1.